The molecule has 12 heavy (non-hydrogen) atoms. The van der Waals surface area contributed by atoms with E-state index in [4.69, 9.17) is 17.3 Å². The fourth-order valence-electron chi connectivity index (χ4n) is 1.79. The zero-order valence-corrected chi connectivity index (χ0v) is 6.86. The first-order chi connectivity index (χ1) is 5.51. The van der Waals surface area contributed by atoms with Gasteiger partial charge in [-0.2, -0.15) is 0 Å². The van der Waals surface area contributed by atoms with Gasteiger partial charge >= 0.3 is 0 Å². The topological polar surface area (TPSA) is 58.9 Å². The number of aliphatic hydroxyl groups excluding tert-OH is 2. The predicted molar refractivity (Wildman–Crippen MR) is 40.8 cm³/mol. The molecule has 0 aromatic heterocycles. The molecule has 0 spiro atoms. The van der Waals surface area contributed by atoms with Crippen molar-refractivity contribution in [2.75, 3.05) is 13.2 Å². The van der Waals surface area contributed by atoms with Crippen LogP contribution in [0.5, 0.6) is 0 Å². The second kappa shape index (κ2) is 2.23. The SMILES string of the molecule is [B][C@]12OCC(O)[C@@]1(C)OCC2O. The summed E-state index contributed by atoms with van der Waals surface area (Å²) in [5.41, 5.74) is -2.21. The highest BCUT2D eigenvalue weighted by Gasteiger charge is 2.64. The lowest BCUT2D eigenvalue weighted by Crippen LogP contribution is -2.56. The fraction of sp³-hybridized carbons (Fsp3) is 1.00. The molecule has 2 saturated heterocycles. The van der Waals surface area contributed by atoms with Crippen LogP contribution in [-0.2, 0) is 9.47 Å². The first-order valence-corrected chi connectivity index (χ1v) is 3.93. The molecule has 2 aliphatic rings. The van der Waals surface area contributed by atoms with E-state index in [1.54, 1.807) is 6.92 Å². The average Bonchev–Trinajstić information content (AvgIpc) is 2.39. The Morgan fingerprint density at radius 1 is 1.25 bits per heavy atom. The molecule has 0 saturated carbocycles. The van der Waals surface area contributed by atoms with Gasteiger partial charge in [0.2, 0.25) is 0 Å². The molecular weight excluding hydrogens is 159 g/mol. The Morgan fingerprint density at radius 3 is 2.42 bits per heavy atom. The van der Waals surface area contributed by atoms with Crippen LogP contribution in [0.1, 0.15) is 6.92 Å². The molecule has 4 nitrogen and oxygen atoms in total. The summed E-state index contributed by atoms with van der Waals surface area (Å²) in [5, 5.41) is 19.0. The Morgan fingerprint density at radius 2 is 1.83 bits per heavy atom. The summed E-state index contributed by atoms with van der Waals surface area (Å²) >= 11 is 0. The molecular formula is C7H11BO4. The van der Waals surface area contributed by atoms with Gasteiger partial charge in [-0.05, 0) is 6.92 Å². The van der Waals surface area contributed by atoms with E-state index < -0.39 is 23.3 Å². The van der Waals surface area contributed by atoms with Gasteiger partial charge < -0.3 is 19.7 Å². The number of fused-ring (bicyclic) bond motifs is 1. The minimum Gasteiger partial charge on any atom is -0.388 e. The van der Waals surface area contributed by atoms with Gasteiger partial charge in [-0.3, -0.25) is 0 Å². The van der Waals surface area contributed by atoms with Crippen LogP contribution in [0.4, 0.5) is 0 Å². The van der Waals surface area contributed by atoms with Crippen LogP contribution in [0, 0.1) is 0 Å². The van der Waals surface area contributed by atoms with Crippen LogP contribution in [0.2, 0.25) is 0 Å². The minimum atomic E-state index is -1.24. The van der Waals surface area contributed by atoms with Crippen LogP contribution in [0.3, 0.4) is 0 Å². The second-order valence-electron chi connectivity index (χ2n) is 3.55. The van der Waals surface area contributed by atoms with Crippen LogP contribution in [-0.4, -0.2) is 54.6 Å². The molecule has 4 atom stereocenters. The molecule has 66 valence electrons. The van der Waals surface area contributed by atoms with E-state index in [2.05, 4.69) is 0 Å². The molecule has 2 aliphatic heterocycles. The van der Waals surface area contributed by atoms with Crippen LogP contribution in [0.15, 0.2) is 0 Å². The maximum absolute atomic E-state index is 9.50. The summed E-state index contributed by atoms with van der Waals surface area (Å²) in [5.74, 6) is 0. The molecule has 0 amide bonds. The lowest BCUT2D eigenvalue weighted by atomic mass is 9.67. The van der Waals surface area contributed by atoms with Crippen molar-refractivity contribution in [1.29, 1.82) is 0 Å². The van der Waals surface area contributed by atoms with E-state index in [0.717, 1.165) is 0 Å². The van der Waals surface area contributed by atoms with Gasteiger partial charge in [0, 0.05) is 0 Å². The number of rotatable bonds is 0. The summed E-state index contributed by atoms with van der Waals surface area (Å²) in [6, 6.07) is 0. The Labute approximate surface area is 71.9 Å². The molecule has 2 unspecified atom stereocenters. The Balaban J connectivity index is 2.37. The predicted octanol–water partition coefficient (Wildman–Crippen LogP) is -1.61. The van der Waals surface area contributed by atoms with E-state index in [0.29, 0.717) is 0 Å². The zero-order chi connectivity index (χ0) is 8.98. The Bertz CT molecular complexity index is 190. The molecule has 0 aromatic carbocycles. The van der Waals surface area contributed by atoms with E-state index >= 15 is 0 Å². The van der Waals surface area contributed by atoms with Crippen molar-refractivity contribution in [3.05, 3.63) is 0 Å². The van der Waals surface area contributed by atoms with Gasteiger partial charge in [-0.1, -0.05) is 0 Å². The molecule has 2 N–H and O–H groups in total. The third kappa shape index (κ3) is 0.725. The molecule has 2 rings (SSSR count). The molecule has 0 aliphatic carbocycles. The summed E-state index contributed by atoms with van der Waals surface area (Å²) < 4.78 is 10.4. The van der Waals surface area contributed by atoms with E-state index in [9.17, 15) is 10.2 Å². The van der Waals surface area contributed by atoms with Gasteiger partial charge in [0.15, 0.2) is 0 Å². The highest BCUT2D eigenvalue weighted by Crippen LogP contribution is 2.44. The molecule has 5 heteroatoms. The lowest BCUT2D eigenvalue weighted by molar-refractivity contribution is -0.0746. The van der Waals surface area contributed by atoms with Crippen molar-refractivity contribution in [3.8, 4) is 0 Å². The maximum atomic E-state index is 9.50. The third-order valence-corrected chi connectivity index (χ3v) is 2.93. The number of hydrogen-bond donors (Lipinski definition) is 2. The van der Waals surface area contributed by atoms with E-state index in [1.165, 1.54) is 0 Å². The first kappa shape index (κ1) is 8.50. The zero-order valence-electron chi connectivity index (χ0n) is 6.86. The van der Waals surface area contributed by atoms with E-state index in [-0.39, 0.29) is 13.2 Å². The molecule has 0 bridgehead atoms. The standard InChI is InChI=1S/C7H11BO4/c1-6-4(9)2-12-7(6,8)5(10)3-11-6/h4-5,9-10H,2-3H2,1H3/t4?,5?,6-,7-/m1/s1. The van der Waals surface area contributed by atoms with Crippen LogP contribution >= 0.6 is 0 Å². The fourth-order valence-corrected chi connectivity index (χ4v) is 1.79. The van der Waals surface area contributed by atoms with Gasteiger partial charge in [-0.25, -0.2) is 0 Å². The summed E-state index contributed by atoms with van der Waals surface area (Å²) in [6.07, 6.45) is -1.63. The molecule has 0 aromatic rings. The van der Waals surface area contributed by atoms with Gasteiger partial charge in [-0.15, -0.1) is 0 Å². The maximum Gasteiger partial charge on any atom is 0.121 e. The number of aliphatic hydroxyl groups is 2. The second-order valence-corrected chi connectivity index (χ2v) is 3.55. The van der Waals surface area contributed by atoms with Crippen molar-refractivity contribution >= 4 is 7.85 Å². The summed E-state index contributed by atoms with van der Waals surface area (Å²) in [4.78, 5) is 0. The highest BCUT2D eigenvalue weighted by molar-refractivity contribution is 6.16. The van der Waals surface area contributed by atoms with Crippen molar-refractivity contribution in [2.45, 2.75) is 30.2 Å². The molecule has 2 radical (unpaired) electrons. The monoisotopic (exact) mass is 170 g/mol. The Kier molecular flexibility index (Phi) is 1.58. The number of hydrogen-bond acceptors (Lipinski definition) is 4. The lowest BCUT2D eigenvalue weighted by Gasteiger charge is -2.34. The molecule has 2 fully saturated rings. The van der Waals surface area contributed by atoms with Gasteiger partial charge in [0.05, 0.1) is 18.7 Å². The highest BCUT2D eigenvalue weighted by atomic mass is 16.6. The van der Waals surface area contributed by atoms with Crippen molar-refractivity contribution < 1.29 is 19.7 Å². The van der Waals surface area contributed by atoms with Crippen molar-refractivity contribution in [2.24, 2.45) is 0 Å². The first-order valence-electron chi connectivity index (χ1n) is 3.93. The van der Waals surface area contributed by atoms with Gasteiger partial charge in [0.1, 0.15) is 25.7 Å². The summed E-state index contributed by atoms with van der Waals surface area (Å²) in [7, 11) is 5.78. The Hall–Kier alpha value is -0.0951. The van der Waals surface area contributed by atoms with Crippen molar-refractivity contribution in [1.82, 2.24) is 0 Å². The quantitative estimate of drug-likeness (QED) is 0.429. The average molecular weight is 170 g/mol. The normalized spacial score (nSPS) is 58.9. The van der Waals surface area contributed by atoms with Crippen LogP contribution in [0.25, 0.3) is 0 Å². The minimum absolute atomic E-state index is 0.115. The largest absolute Gasteiger partial charge is 0.388 e. The molecule has 2 heterocycles. The van der Waals surface area contributed by atoms with E-state index in [1.807, 2.05) is 0 Å². The van der Waals surface area contributed by atoms with Gasteiger partial charge in [0.25, 0.3) is 0 Å². The number of ether oxygens (including phenoxy) is 2. The smallest absolute Gasteiger partial charge is 0.121 e. The van der Waals surface area contributed by atoms with Crippen LogP contribution < -0.4 is 0 Å². The van der Waals surface area contributed by atoms with Crippen molar-refractivity contribution in [3.63, 3.8) is 0 Å². The summed E-state index contributed by atoms with van der Waals surface area (Å²) in [6.45, 7) is 1.88. The third-order valence-electron chi connectivity index (χ3n) is 2.93.